The monoisotopic (exact) mass is 854 g/mol. The van der Waals surface area contributed by atoms with Crippen LogP contribution in [0.15, 0.2) is 60.8 Å². The van der Waals surface area contributed by atoms with Crippen molar-refractivity contribution in [2.75, 3.05) is 6.61 Å². The SMILES string of the molecule is CC/C=C/C=C/C=C\C=C/CCCC(CC(=O)NC(CO)C(O)CCCCCCCCCCCCCCCCCCC)OC(=O)CCCCC/C=C\CCCCCCCCC. The highest BCUT2D eigenvalue weighted by Gasteiger charge is 2.24. The number of esters is 1. The van der Waals surface area contributed by atoms with Gasteiger partial charge in [0.05, 0.1) is 25.2 Å². The number of rotatable bonds is 46. The molecule has 0 aliphatic carbocycles. The largest absolute Gasteiger partial charge is 0.462 e. The summed E-state index contributed by atoms with van der Waals surface area (Å²) in [5.74, 6) is -0.559. The fourth-order valence-electron chi connectivity index (χ4n) is 7.74. The predicted octanol–water partition coefficient (Wildman–Crippen LogP) is 15.6. The normalized spacial score (nSPS) is 13.7. The maximum atomic E-state index is 13.2. The molecule has 0 bridgehead atoms. The Kier molecular flexibility index (Phi) is 46.6. The predicted molar refractivity (Wildman–Crippen MR) is 264 cm³/mol. The van der Waals surface area contributed by atoms with Gasteiger partial charge in [0.25, 0.3) is 0 Å². The third-order valence-electron chi connectivity index (χ3n) is 11.7. The third-order valence-corrected chi connectivity index (χ3v) is 11.7. The first-order chi connectivity index (χ1) is 30.0. The fraction of sp³-hybridized carbons (Fsp3) is 0.782. The van der Waals surface area contributed by atoms with Gasteiger partial charge in [0.1, 0.15) is 6.10 Å². The molecule has 3 atom stereocenters. The van der Waals surface area contributed by atoms with Gasteiger partial charge >= 0.3 is 5.97 Å². The van der Waals surface area contributed by atoms with E-state index in [0.29, 0.717) is 19.3 Å². The number of aliphatic hydroxyl groups is 2. The Morgan fingerprint density at radius 2 is 0.918 bits per heavy atom. The van der Waals surface area contributed by atoms with Gasteiger partial charge in [-0.3, -0.25) is 9.59 Å². The van der Waals surface area contributed by atoms with Crippen molar-refractivity contribution in [2.24, 2.45) is 0 Å². The van der Waals surface area contributed by atoms with Crippen molar-refractivity contribution in [3.63, 3.8) is 0 Å². The van der Waals surface area contributed by atoms with Crippen LogP contribution in [0, 0.1) is 0 Å². The minimum Gasteiger partial charge on any atom is -0.462 e. The van der Waals surface area contributed by atoms with E-state index < -0.39 is 18.2 Å². The van der Waals surface area contributed by atoms with Crippen LogP contribution in [0.25, 0.3) is 0 Å². The van der Waals surface area contributed by atoms with Crippen molar-refractivity contribution < 1.29 is 24.5 Å². The third kappa shape index (κ3) is 44.0. The van der Waals surface area contributed by atoms with E-state index in [4.69, 9.17) is 4.74 Å². The molecule has 6 heteroatoms. The molecule has 0 saturated heterocycles. The summed E-state index contributed by atoms with van der Waals surface area (Å²) < 4.78 is 5.88. The lowest BCUT2D eigenvalue weighted by Crippen LogP contribution is -2.46. The molecule has 0 aliphatic heterocycles. The molecule has 0 fully saturated rings. The van der Waals surface area contributed by atoms with Crippen LogP contribution in [-0.2, 0) is 14.3 Å². The summed E-state index contributed by atoms with van der Waals surface area (Å²) in [6.07, 6.45) is 60.1. The fourth-order valence-corrected chi connectivity index (χ4v) is 7.74. The average molecular weight is 854 g/mol. The number of nitrogens with one attached hydrogen (secondary N) is 1. The second-order valence-corrected chi connectivity index (χ2v) is 17.6. The molecule has 0 heterocycles. The number of hydrogen-bond acceptors (Lipinski definition) is 5. The Morgan fingerprint density at radius 3 is 1.41 bits per heavy atom. The molecular weight excluding hydrogens is 755 g/mol. The molecule has 0 aromatic heterocycles. The Labute approximate surface area is 378 Å². The van der Waals surface area contributed by atoms with Crippen molar-refractivity contribution in [3.8, 4) is 0 Å². The quantitative estimate of drug-likeness (QED) is 0.0245. The van der Waals surface area contributed by atoms with Crippen LogP contribution >= 0.6 is 0 Å². The van der Waals surface area contributed by atoms with E-state index in [0.717, 1.165) is 70.6 Å². The van der Waals surface area contributed by atoms with Crippen molar-refractivity contribution in [2.45, 2.75) is 270 Å². The van der Waals surface area contributed by atoms with Crippen LogP contribution < -0.4 is 5.32 Å². The van der Waals surface area contributed by atoms with Crippen LogP contribution in [0.5, 0.6) is 0 Å². The molecular formula is C55H99NO5. The van der Waals surface area contributed by atoms with E-state index in [-0.39, 0.29) is 24.9 Å². The Hall–Kier alpha value is -2.44. The van der Waals surface area contributed by atoms with Gasteiger partial charge in [-0.1, -0.05) is 236 Å². The van der Waals surface area contributed by atoms with Gasteiger partial charge in [0.15, 0.2) is 0 Å². The highest BCUT2D eigenvalue weighted by atomic mass is 16.5. The van der Waals surface area contributed by atoms with Gasteiger partial charge in [-0.15, -0.1) is 0 Å². The molecule has 0 spiro atoms. The number of unbranched alkanes of at least 4 members (excludes halogenated alkanes) is 27. The van der Waals surface area contributed by atoms with Crippen LogP contribution in [0.1, 0.15) is 252 Å². The molecule has 0 aliphatic rings. The lowest BCUT2D eigenvalue weighted by atomic mass is 10.0. The summed E-state index contributed by atoms with van der Waals surface area (Å²) in [5.41, 5.74) is 0. The van der Waals surface area contributed by atoms with Crippen molar-refractivity contribution in [3.05, 3.63) is 60.8 Å². The molecule has 6 nitrogen and oxygen atoms in total. The van der Waals surface area contributed by atoms with Crippen LogP contribution in [-0.4, -0.2) is 46.9 Å². The maximum Gasteiger partial charge on any atom is 0.306 e. The van der Waals surface area contributed by atoms with Gasteiger partial charge in [0, 0.05) is 6.42 Å². The summed E-state index contributed by atoms with van der Waals surface area (Å²) in [7, 11) is 0. The first-order valence-corrected chi connectivity index (χ1v) is 26.1. The number of hydrogen-bond donors (Lipinski definition) is 3. The summed E-state index contributed by atoms with van der Waals surface area (Å²) >= 11 is 0. The molecule has 61 heavy (non-hydrogen) atoms. The second-order valence-electron chi connectivity index (χ2n) is 17.6. The molecule has 354 valence electrons. The molecule has 3 unspecified atom stereocenters. The molecule has 0 saturated carbocycles. The van der Waals surface area contributed by atoms with Gasteiger partial charge in [-0.05, 0) is 64.2 Å². The molecule has 1 amide bonds. The number of ether oxygens (including phenoxy) is 1. The van der Waals surface area contributed by atoms with E-state index in [9.17, 15) is 19.8 Å². The Balaban J connectivity index is 4.55. The molecule has 3 N–H and O–H groups in total. The highest BCUT2D eigenvalue weighted by Crippen LogP contribution is 2.17. The van der Waals surface area contributed by atoms with Crippen molar-refractivity contribution >= 4 is 11.9 Å². The lowest BCUT2D eigenvalue weighted by molar-refractivity contribution is -0.151. The topological polar surface area (TPSA) is 95.9 Å². The zero-order valence-corrected chi connectivity index (χ0v) is 40.3. The van der Waals surface area contributed by atoms with Crippen LogP contribution in [0.4, 0.5) is 0 Å². The van der Waals surface area contributed by atoms with E-state index >= 15 is 0 Å². The highest BCUT2D eigenvalue weighted by molar-refractivity contribution is 5.77. The van der Waals surface area contributed by atoms with Gasteiger partial charge in [-0.25, -0.2) is 0 Å². The second kappa shape index (κ2) is 48.6. The van der Waals surface area contributed by atoms with E-state index in [1.807, 2.05) is 36.5 Å². The van der Waals surface area contributed by atoms with Gasteiger partial charge in [-0.2, -0.15) is 0 Å². The summed E-state index contributed by atoms with van der Waals surface area (Å²) in [5, 5.41) is 23.8. The number of carbonyl (C=O) groups excluding carboxylic acids is 2. The molecule has 0 aromatic rings. The number of aliphatic hydroxyl groups excluding tert-OH is 2. The minimum absolute atomic E-state index is 0.0251. The first kappa shape index (κ1) is 58.6. The Bertz CT molecular complexity index is 1090. The Morgan fingerprint density at radius 1 is 0.492 bits per heavy atom. The zero-order chi connectivity index (χ0) is 44.5. The van der Waals surface area contributed by atoms with Crippen molar-refractivity contribution in [1.29, 1.82) is 0 Å². The lowest BCUT2D eigenvalue weighted by Gasteiger charge is -2.24. The van der Waals surface area contributed by atoms with Crippen molar-refractivity contribution in [1.82, 2.24) is 5.32 Å². The maximum absolute atomic E-state index is 13.2. The van der Waals surface area contributed by atoms with E-state index in [2.05, 4.69) is 50.4 Å². The van der Waals surface area contributed by atoms with E-state index in [1.54, 1.807) is 0 Å². The number of allylic oxidation sites excluding steroid dienone is 10. The minimum atomic E-state index is -0.808. The number of amides is 1. The standard InChI is InChI=1S/C55H99NO5/c1-4-7-10-13-16-19-22-24-26-27-28-29-32-35-38-41-44-47-53(58)52(50-57)56-54(59)49-51(46-43-40-37-34-31-21-18-15-12-9-6-3)61-55(60)48-45-42-39-36-33-30-25-23-20-17-14-11-8-5-2/h9,12,15,18,21,30-31,33-34,37,51-53,57-58H,4-8,10-11,13-14,16-17,19-20,22-29,32,35-36,38-50H2,1-3H3,(H,56,59)/b12-9+,18-15+,31-21-,33-30-,37-34-. The smallest absolute Gasteiger partial charge is 0.306 e. The van der Waals surface area contributed by atoms with Crippen LogP contribution in [0.2, 0.25) is 0 Å². The summed E-state index contributed by atoms with van der Waals surface area (Å²) in [6.45, 7) is 6.32. The van der Waals surface area contributed by atoms with Crippen LogP contribution in [0.3, 0.4) is 0 Å². The number of carbonyl (C=O) groups is 2. The van der Waals surface area contributed by atoms with Gasteiger partial charge < -0.3 is 20.3 Å². The molecule has 0 radical (unpaired) electrons. The average Bonchev–Trinajstić information content (AvgIpc) is 3.25. The first-order valence-electron chi connectivity index (χ1n) is 26.1. The van der Waals surface area contributed by atoms with E-state index in [1.165, 1.54) is 135 Å². The van der Waals surface area contributed by atoms with Gasteiger partial charge in [0.2, 0.25) is 5.91 Å². The zero-order valence-electron chi connectivity index (χ0n) is 40.3. The molecule has 0 aromatic carbocycles. The molecule has 0 rings (SSSR count). The summed E-state index contributed by atoms with van der Waals surface area (Å²) in [6, 6.07) is -0.726. The summed E-state index contributed by atoms with van der Waals surface area (Å²) in [4.78, 5) is 26.1.